The van der Waals surface area contributed by atoms with E-state index in [2.05, 4.69) is 153 Å². The van der Waals surface area contributed by atoms with Gasteiger partial charge in [-0.15, -0.1) is 0 Å². The lowest BCUT2D eigenvalue weighted by Gasteiger charge is -2.40. The summed E-state index contributed by atoms with van der Waals surface area (Å²) in [6, 6.07) is 41.0. The normalized spacial score (nSPS) is 15.1. The minimum atomic E-state index is -0.484. The Morgan fingerprint density at radius 1 is 0.606 bits per heavy atom. The van der Waals surface area contributed by atoms with Crippen molar-refractivity contribution in [1.82, 2.24) is 5.43 Å². The number of nitrogens with zero attached hydrogens (tertiary/aromatic N) is 1. The molecule has 0 atom stereocenters. The summed E-state index contributed by atoms with van der Waals surface area (Å²) in [7, 11) is 0. The molecule has 0 saturated heterocycles. The topological polar surface area (TPSA) is 15.3 Å². The molecule has 5 rings (SSSR count). The number of rotatable bonds is 4. The third kappa shape index (κ3) is 3.82. The van der Waals surface area contributed by atoms with Crippen LogP contribution in [0.15, 0.2) is 121 Å². The fourth-order valence-electron chi connectivity index (χ4n) is 4.63. The maximum atomic E-state index is 3.76. The molecule has 0 spiro atoms. The van der Waals surface area contributed by atoms with Crippen molar-refractivity contribution >= 4 is 11.4 Å². The van der Waals surface area contributed by atoms with Gasteiger partial charge in [0.15, 0.2) is 0 Å². The Balaban J connectivity index is 1.72. The van der Waals surface area contributed by atoms with Gasteiger partial charge in [-0.1, -0.05) is 124 Å². The van der Waals surface area contributed by atoms with E-state index in [4.69, 9.17) is 0 Å². The number of benzene rings is 4. The Morgan fingerprint density at radius 3 is 1.58 bits per heavy atom. The van der Waals surface area contributed by atoms with Crippen LogP contribution in [0, 0.1) is 0 Å². The molecule has 2 heteroatoms. The molecular weight excluding hydrogens is 400 g/mol. The van der Waals surface area contributed by atoms with Gasteiger partial charge in [-0.25, -0.2) is 0 Å². The molecule has 1 heterocycles. The molecule has 0 aliphatic carbocycles. The zero-order valence-corrected chi connectivity index (χ0v) is 19.5. The second-order valence-electron chi connectivity index (χ2n) is 9.67. The van der Waals surface area contributed by atoms with Crippen molar-refractivity contribution in [2.24, 2.45) is 0 Å². The number of anilines is 1. The van der Waals surface area contributed by atoms with E-state index >= 15 is 0 Å². The van der Waals surface area contributed by atoms with Gasteiger partial charge in [0, 0.05) is 0 Å². The number of nitrogens with one attached hydrogen (secondary N) is 1. The SMILES string of the molecule is CC(C)(C)c1ccc(C2=CC(c3ccccc3)(c3ccccc3)N(c3ccccc3)N2)cc1. The zero-order valence-electron chi connectivity index (χ0n) is 19.5. The van der Waals surface area contributed by atoms with Gasteiger partial charge in [0.05, 0.1) is 11.4 Å². The zero-order chi connectivity index (χ0) is 22.9. The highest BCUT2D eigenvalue weighted by Gasteiger charge is 2.44. The Kier molecular flexibility index (Phi) is 5.30. The first-order valence-electron chi connectivity index (χ1n) is 11.6. The van der Waals surface area contributed by atoms with Crippen LogP contribution in [-0.4, -0.2) is 0 Å². The van der Waals surface area contributed by atoms with Gasteiger partial charge in [-0.2, -0.15) is 0 Å². The summed E-state index contributed by atoms with van der Waals surface area (Å²) in [6.45, 7) is 6.76. The summed E-state index contributed by atoms with van der Waals surface area (Å²) in [5, 5.41) is 2.30. The van der Waals surface area contributed by atoms with Crippen molar-refractivity contribution < 1.29 is 0 Å². The van der Waals surface area contributed by atoms with E-state index in [1.54, 1.807) is 0 Å². The second-order valence-corrected chi connectivity index (χ2v) is 9.67. The summed E-state index contributed by atoms with van der Waals surface area (Å²) in [5.74, 6) is 0. The molecule has 0 aromatic heterocycles. The van der Waals surface area contributed by atoms with Crippen LogP contribution < -0.4 is 10.4 Å². The maximum absolute atomic E-state index is 3.76. The van der Waals surface area contributed by atoms with E-state index in [-0.39, 0.29) is 5.41 Å². The van der Waals surface area contributed by atoms with Gasteiger partial charge in [-0.05, 0) is 45.9 Å². The maximum Gasteiger partial charge on any atom is 0.131 e. The molecule has 0 saturated carbocycles. The minimum Gasteiger partial charge on any atom is -0.297 e. The Morgan fingerprint density at radius 2 is 1.09 bits per heavy atom. The predicted molar refractivity (Wildman–Crippen MR) is 139 cm³/mol. The molecule has 0 radical (unpaired) electrons. The smallest absolute Gasteiger partial charge is 0.131 e. The summed E-state index contributed by atoms with van der Waals surface area (Å²) in [4.78, 5) is 0. The van der Waals surface area contributed by atoms with Crippen LogP contribution in [-0.2, 0) is 11.0 Å². The van der Waals surface area contributed by atoms with Gasteiger partial charge >= 0.3 is 0 Å². The van der Waals surface area contributed by atoms with Crippen LogP contribution >= 0.6 is 0 Å². The third-order valence-electron chi connectivity index (χ3n) is 6.44. The largest absolute Gasteiger partial charge is 0.297 e. The van der Waals surface area contributed by atoms with E-state index in [9.17, 15) is 0 Å². The molecule has 4 aromatic rings. The van der Waals surface area contributed by atoms with Crippen molar-refractivity contribution in [2.45, 2.75) is 31.7 Å². The molecule has 0 bridgehead atoms. The summed E-state index contributed by atoms with van der Waals surface area (Å²) in [5.41, 5.74) is 10.6. The number of para-hydroxylation sites is 1. The third-order valence-corrected chi connectivity index (χ3v) is 6.44. The number of hydrogen-bond donors (Lipinski definition) is 1. The molecule has 1 aliphatic heterocycles. The highest BCUT2D eigenvalue weighted by Crippen LogP contribution is 2.45. The van der Waals surface area contributed by atoms with E-state index in [1.165, 1.54) is 22.3 Å². The van der Waals surface area contributed by atoms with Crippen molar-refractivity contribution in [1.29, 1.82) is 0 Å². The molecule has 0 unspecified atom stereocenters. The minimum absolute atomic E-state index is 0.129. The van der Waals surface area contributed by atoms with Crippen LogP contribution in [0.4, 0.5) is 5.69 Å². The Bertz CT molecular complexity index is 1200. The van der Waals surface area contributed by atoms with E-state index < -0.39 is 5.54 Å². The van der Waals surface area contributed by atoms with Crippen molar-refractivity contribution in [3.05, 3.63) is 144 Å². The first-order chi connectivity index (χ1) is 16.0. The average Bonchev–Trinajstić information content (AvgIpc) is 3.27. The Labute approximate surface area is 197 Å². The van der Waals surface area contributed by atoms with Gasteiger partial charge in [-0.3, -0.25) is 10.4 Å². The summed E-state index contributed by atoms with van der Waals surface area (Å²) < 4.78 is 0. The molecule has 2 nitrogen and oxygen atoms in total. The van der Waals surface area contributed by atoms with E-state index in [0.29, 0.717) is 0 Å². The molecule has 0 amide bonds. The number of hydrogen-bond acceptors (Lipinski definition) is 2. The highest BCUT2D eigenvalue weighted by atomic mass is 15.6. The highest BCUT2D eigenvalue weighted by molar-refractivity contribution is 5.77. The predicted octanol–water partition coefficient (Wildman–Crippen LogP) is 7.29. The Hall–Kier alpha value is -3.78. The average molecular weight is 431 g/mol. The molecule has 33 heavy (non-hydrogen) atoms. The number of hydrazine groups is 1. The van der Waals surface area contributed by atoms with E-state index in [1.807, 2.05) is 0 Å². The van der Waals surface area contributed by atoms with Gasteiger partial charge in [0.25, 0.3) is 0 Å². The molecule has 4 aromatic carbocycles. The van der Waals surface area contributed by atoms with Gasteiger partial charge in [0.2, 0.25) is 0 Å². The molecule has 164 valence electrons. The van der Waals surface area contributed by atoms with Crippen LogP contribution in [0.1, 0.15) is 43.0 Å². The van der Waals surface area contributed by atoms with Crippen molar-refractivity contribution in [3.63, 3.8) is 0 Å². The summed E-state index contributed by atoms with van der Waals surface area (Å²) in [6.07, 6.45) is 2.37. The van der Waals surface area contributed by atoms with Crippen molar-refractivity contribution in [2.75, 3.05) is 5.01 Å². The lowest BCUT2D eigenvalue weighted by atomic mass is 9.81. The molecular formula is C31H30N2. The standard InChI is InChI=1S/C31H30N2/c1-30(2,3)25-21-19-24(20-22-25)29-23-31(26-13-7-4-8-14-26,27-15-9-5-10-16-27)33(32-29)28-17-11-6-12-18-28/h4-23,32H,1-3H3. The summed E-state index contributed by atoms with van der Waals surface area (Å²) >= 11 is 0. The molecule has 1 aliphatic rings. The lowest BCUT2D eigenvalue weighted by molar-refractivity contribution is 0.582. The van der Waals surface area contributed by atoms with Crippen LogP contribution in [0.5, 0.6) is 0 Å². The quantitative estimate of drug-likeness (QED) is 0.366. The van der Waals surface area contributed by atoms with Gasteiger partial charge in [0.1, 0.15) is 5.54 Å². The fourth-order valence-corrected chi connectivity index (χ4v) is 4.63. The van der Waals surface area contributed by atoms with Crippen LogP contribution in [0.25, 0.3) is 5.70 Å². The van der Waals surface area contributed by atoms with Crippen LogP contribution in [0.3, 0.4) is 0 Å². The first kappa shape index (κ1) is 21.1. The second kappa shape index (κ2) is 8.29. The van der Waals surface area contributed by atoms with Gasteiger partial charge < -0.3 is 0 Å². The first-order valence-corrected chi connectivity index (χ1v) is 11.6. The lowest BCUT2D eigenvalue weighted by Crippen LogP contribution is -2.48. The fraction of sp³-hybridized carbons (Fsp3) is 0.161. The molecule has 1 N–H and O–H groups in total. The van der Waals surface area contributed by atoms with E-state index in [0.717, 1.165) is 11.4 Å². The molecule has 0 fully saturated rings. The van der Waals surface area contributed by atoms with Crippen LogP contribution in [0.2, 0.25) is 0 Å². The monoisotopic (exact) mass is 430 g/mol. The van der Waals surface area contributed by atoms with Crippen molar-refractivity contribution in [3.8, 4) is 0 Å².